The van der Waals surface area contributed by atoms with Crippen LogP contribution in [0.3, 0.4) is 0 Å². The van der Waals surface area contributed by atoms with Crippen LogP contribution < -0.4 is 5.73 Å². The van der Waals surface area contributed by atoms with Crippen molar-refractivity contribution in [3.8, 4) is 0 Å². The molecule has 96 valence electrons. The normalized spacial score (nSPS) is 12.6. The molecule has 1 aromatic carbocycles. The SMILES string of the molecule is CCn1cc(CC(N)CCc2ccccc2)cn1. The van der Waals surface area contributed by atoms with E-state index >= 15 is 0 Å². The maximum Gasteiger partial charge on any atom is 0.0522 e. The maximum atomic E-state index is 6.17. The van der Waals surface area contributed by atoms with Gasteiger partial charge in [-0.15, -0.1) is 0 Å². The Morgan fingerprint density at radius 2 is 2.00 bits per heavy atom. The van der Waals surface area contributed by atoms with Crippen LogP contribution >= 0.6 is 0 Å². The summed E-state index contributed by atoms with van der Waals surface area (Å²) < 4.78 is 1.94. The lowest BCUT2D eigenvalue weighted by Crippen LogP contribution is -2.23. The first kappa shape index (κ1) is 12.8. The fourth-order valence-corrected chi connectivity index (χ4v) is 2.09. The average Bonchev–Trinajstić information content (AvgIpc) is 2.85. The summed E-state index contributed by atoms with van der Waals surface area (Å²) in [5, 5.41) is 4.27. The minimum absolute atomic E-state index is 0.208. The van der Waals surface area contributed by atoms with Gasteiger partial charge in [0.15, 0.2) is 0 Å². The molecule has 3 nitrogen and oxygen atoms in total. The van der Waals surface area contributed by atoms with Gasteiger partial charge in [0, 0.05) is 18.8 Å². The molecule has 1 atom stereocenters. The van der Waals surface area contributed by atoms with Crippen LogP contribution in [0.15, 0.2) is 42.7 Å². The highest BCUT2D eigenvalue weighted by atomic mass is 15.3. The van der Waals surface area contributed by atoms with Crippen molar-refractivity contribution in [2.75, 3.05) is 0 Å². The Labute approximate surface area is 109 Å². The molecule has 0 bridgehead atoms. The zero-order valence-corrected chi connectivity index (χ0v) is 10.9. The van der Waals surface area contributed by atoms with Gasteiger partial charge in [-0.05, 0) is 37.3 Å². The first-order chi connectivity index (χ1) is 8.78. The fourth-order valence-electron chi connectivity index (χ4n) is 2.09. The maximum absolute atomic E-state index is 6.17. The van der Waals surface area contributed by atoms with Crippen LogP contribution in [0.5, 0.6) is 0 Å². The third-order valence-electron chi connectivity index (χ3n) is 3.16. The Morgan fingerprint density at radius 3 is 2.67 bits per heavy atom. The highest BCUT2D eigenvalue weighted by Crippen LogP contribution is 2.08. The van der Waals surface area contributed by atoms with Gasteiger partial charge in [-0.25, -0.2) is 0 Å². The van der Waals surface area contributed by atoms with E-state index in [0.717, 1.165) is 25.8 Å². The molecule has 0 radical (unpaired) electrons. The molecule has 0 aliphatic carbocycles. The van der Waals surface area contributed by atoms with Gasteiger partial charge in [-0.3, -0.25) is 4.68 Å². The number of rotatable bonds is 6. The highest BCUT2D eigenvalue weighted by Gasteiger charge is 2.06. The van der Waals surface area contributed by atoms with Crippen molar-refractivity contribution in [3.05, 3.63) is 53.9 Å². The monoisotopic (exact) mass is 243 g/mol. The summed E-state index contributed by atoms with van der Waals surface area (Å²) in [5.74, 6) is 0. The van der Waals surface area contributed by atoms with E-state index in [1.807, 2.05) is 16.9 Å². The van der Waals surface area contributed by atoms with Crippen LogP contribution in [-0.4, -0.2) is 15.8 Å². The van der Waals surface area contributed by atoms with Crippen LogP contribution in [0.25, 0.3) is 0 Å². The van der Waals surface area contributed by atoms with Gasteiger partial charge < -0.3 is 5.73 Å². The Morgan fingerprint density at radius 1 is 1.22 bits per heavy atom. The number of nitrogens with zero attached hydrogens (tertiary/aromatic N) is 2. The molecule has 18 heavy (non-hydrogen) atoms. The first-order valence-corrected chi connectivity index (χ1v) is 6.58. The van der Waals surface area contributed by atoms with E-state index in [0.29, 0.717) is 0 Å². The minimum Gasteiger partial charge on any atom is -0.327 e. The van der Waals surface area contributed by atoms with Crippen LogP contribution in [0, 0.1) is 0 Å². The summed E-state index contributed by atoms with van der Waals surface area (Å²) in [6.07, 6.45) is 6.98. The lowest BCUT2D eigenvalue weighted by Gasteiger charge is -2.10. The van der Waals surface area contributed by atoms with Crippen molar-refractivity contribution in [2.45, 2.75) is 38.8 Å². The number of nitrogens with two attached hydrogens (primary N) is 1. The lowest BCUT2D eigenvalue weighted by molar-refractivity contribution is 0.608. The molecule has 0 amide bonds. The lowest BCUT2D eigenvalue weighted by atomic mass is 10.0. The Bertz CT molecular complexity index is 462. The zero-order valence-electron chi connectivity index (χ0n) is 10.9. The topological polar surface area (TPSA) is 43.8 Å². The van der Waals surface area contributed by atoms with E-state index < -0.39 is 0 Å². The molecule has 1 unspecified atom stereocenters. The van der Waals surface area contributed by atoms with Crippen LogP contribution in [0.4, 0.5) is 0 Å². The van der Waals surface area contributed by atoms with Crippen molar-refractivity contribution in [2.24, 2.45) is 5.73 Å². The van der Waals surface area contributed by atoms with E-state index in [4.69, 9.17) is 5.73 Å². The summed E-state index contributed by atoms with van der Waals surface area (Å²) in [4.78, 5) is 0. The molecule has 0 spiro atoms. The molecule has 2 N–H and O–H groups in total. The molecular formula is C15H21N3. The van der Waals surface area contributed by atoms with Gasteiger partial charge in [0.1, 0.15) is 0 Å². The minimum atomic E-state index is 0.208. The van der Waals surface area contributed by atoms with Crippen LogP contribution in [-0.2, 0) is 19.4 Å². The summed E-state index contributed by atoms with van der Waals surface area (Å²) in [5.41, 5.74) is 8.76. The number of aromatic nitrogens is 2. The summed E-state index contributed by atoms with van der Waals surface area (Å²) >= 11 is 0. The molecule has 1 heterocycles. The largest absolute Gasteiger partial charge is 0.327 e. The van der Waals surface area contributed by atoms with Crippen molar-refractivity contribution < 1.29 is 0 Å². The molecular weight excluding hydrogens is 222 g/mol. The van der Waals surface area contributed by atoms with Crippen molar-refractivity contribution >= 4 is 0 Å². The molecule has 0 fully saturated rings. The van der Waals surface area contributed by atoms with Crippen molar-refractivity contribution in [1.82, 2.24) is 9.78 Å². The van der Waals surface area contributed by atoms with E-state index in [9.17, 15) is 0 Å². The van der Waals surface area contributed by atoms with Gasteiger partial charge >= 0.3 is 0 Å². The van der Waals surface area contributed by atoms with Gasteiger partial charge in [0.2, 0.25) is 0 Å². The van der Waals surface area contributed by atoms with Gasteiger partial charge in [0.25, 0.3) is 0 Å². The van der Waals surface area contributed by atoms with E-state index in [2.05, 4.69) is 42.5 Å². The van der Waals surface area contributed by atoms with Crippen molar-refractivity contribution in [3.63, 3.8) is 0 Å². The second-order valence-electron chi connectivity index (χ2n) is 4.69. The van der Waals surface area contributed by atoms with Crippen LogP contribution in [0.1, 0.15) is 24.5 Å². The molecule has 0 saturated heterocycles. The molecule has 2 rings (SSSR count). The van der Waals surface area contributed by atoms with E-state index in [1.54, 1.807) is 0 Å². The predicted molar refractivity (Wildman–Crippen MR) is 74.3 cm³/mol. The number of hydrogen-bond acceptors (Lipinski definition) is 2. The van der Waals surface area contributed by atoms with E-state index in [-0.39, 0.29) is 6.04 Å². The number of aryl methyl sites for hydroxylation is 2. The Balaban J connectivity index is 1.80. The second-order valence-corrected chi connectivity index (χ2v) is 4.69. The quantitative estimate of drug-likeness (QED) is 0.846. The molecule has 0 saturated carbocycles. The average molecular weight is 243 g/mol. The summed E-state index contributed by atoms with van der Waals surface area (Å²) in [7, 11) is 0. The third kappa shape index (κ3) is 3.70. The molecule has 2 aromatic rings. The summed E-state index contributed by atoms with van der Waals surface area (Å²) in [6, 6.07) is 10.7. The van der Waals surface area contributed by atoms with Crippen molar-refractivity contribution in [1.29, 1.82) is 0 Å². The van der Waals surface area contributed by atoms with Crippen LogP contribution in [0.2, 0.25) is 0 Å². The van der Waals surface area contributed by atoms with Gasteiger partial charge in [-0.2, -0.15) is 5.10 Å². The fraction of sp³-hybridized carbons (Fsp3) is 0.400. The zero-order chi connectivity index (χ0) is 12.8. The first-order valence-electron chi connectivity index (χ1n) is 6.58. The van der Waals surface area contributed by atoms with Gasteiger partial charge in [0.05, 0.1) is 6.20 Å². The number of hydrogen-bond donors (Lipinski definition) is 1. The van der Waals surface area contributed by atoms with Gasteiger partial charge in [-0.1, -0.05) is 30.3 Å². The van der Waals surface area contributed by atoms with E-state index in [1.165, 1.54) is 11.1 Å². The Kier molecular flexibility index (Phi) is 4.53. The molecule has 3 heteroatoms. The smallest absolute Gasteiger partial charge is 0.0522 e. The highest BCUT2D eigenvalue weighted by molar-refractivity contribution is 5.15. The third-order valence-corrected chi connectivity index (χ3v) is 3.16. The summed E-state index contributed by atoms with van der Waals surface area (Å²) in [6.45, 7) is 3.01. The predicted octanol–water partition coefficient (Wildman–Crippen LogP) is 2.41. The molecule has 0 aliphatic rings. The molecule has 1 aromatic heterocycles. The molecule has 0 aliphatic heterocycles. The second kappa shape index (κ2) is 6.36. The standard InChI is InChI=1S/C15H21N3/c1-2-18-12-14(11-17-18)10-15(16)9-8-13-6-4-3-5-7-13/h3-7,11-12,15H,2,8-10,16H2,1H3. The number of benzene rings is 1. The Hall–Kier alpha value is -1.61.